The molecule has 158 valence electrons. The molecule has 4 heterocycles. The number of rotatable bonds is 6. The van der Waals surface area contributed by atoms with Gasteiger partial charge in [-0.05, 0) is 18.9 Å². The molecule has 1 unspecified atom stereocenters. The molecule has 0 saturated carbocycles. The molecule has 13 heteroatoms. The van der Waals surface area contributed by atoms with Crippen molar-refractivity contribution in [3.8, 4) is 0 Å². The number of nitrogens with one attached hydrogen (secondary N) is 3. The maximum Gasteiger partial charge on any atom is 0.333 e. The third-order valence-electron chi connectivity index (χ3n) is 4.68. The van der Waals surface area contributed by atoms with Gasteiger partial charge in [-0.25, -0.2) is 4.68 Å². The summed E-state index contributed by atoms with van der Waals surface area (Å²) in [6.45, 7) is 1.92. The molecule has 30 heavy (non-hydrogen) atoms. The number of halogens is 3. The van der Waals surface area contributed by atoms with Gasteiger partial charge in [0.25, 0.3) is 0 Å². The standard InChI is InChI=1S/C17H18ClF2N9O/c1-2-11(30)28-5-3-4-9(7-28)22-14-12-13(18)26-27-15(12)25-17(24-14)23-10-6-21-29(8-10)16(19)20/h2,6,8-9,16H,1,3-5,7H2,(H3,22,23,24,25,26,27). The highest BCUT2D eigenvalue weighted by Crippen LogP contribution is 2.29. The van der Waals surface area contributed by atoms with Crippen LogP contribution < -0.4 is 10.6 Å². The van der Waals surface area contributed by atoms with Crippen LogP contribution in [0.5, 0.6) is 0 Å². The lowest BCUT2D eigenvalue weighted by atomic mass is 10.1. The number of likely N-dealkylation sites (tertiary alicyclic amines) is 1. The molecule has 0 bridgehead atoms. The van der Waals surface area contributed by atoms with Crippen LogP contribution in [0.25, 0.3) is 11.0 Å². The molecule has 4 rings (SSSR count). The van der Waals surface area contributed by atoms with E-state index >= 15 is 0 Å². The Kier molecular flexibility index (Phi) is 5.48. The predicted octanol–water partition coefficient (Wildman–Crippen LogP) is 2.93. The van der Waals surface area contributed by atoms with Crippen molar-refractivity contribution in [3.05, 3.63) is 30.2 Å². The van der Waals surface area contributed by atoms with Crippen molar-refractivity contribution in [3.63, 3.8) is 0 Å². The van der Waals surface area contributed by atoms with E-state index in [0.29, 0.717) is 40.3 Å². The molecular formula is C17H18ClF2N9O. The first-order valence-electron chi connectivity index (χ1n) is 9.13. The largest absolute Gasteiger partial charge is 0.365 e. The topological polar surface area (TPSA) is 117 Å². The smallest absolute Gasteiger partial charge is 0.333 e. The van der Waals surface area contributed by atoms with Gasteiger partial charge in [0, 0.05) is 19.1 Å². The molecule has 3 aromatic rings. The lowest BCUT2D eigenvalue weighted by molar-refractivity contribution is -0.127. The quantitative estimate of drug-likeness (QED) is 0.507. The van der Waals surface area contributed by atoms with Crippen molar-refractivity contribution < 1.29 is 13.6 Å². The number of anilines is 3. The van der Waals surface area contributed by atoms with E-state index in [0.717, 1.165) is 19.0 Å². The number of fused-ring (bicyclic) bond motifs is 1. The number of amides is 1. The first-order valence-corrected chi connectivity index (χ1v) is 9.51. The van der Waals surface area contributed by atoms with Gasteiger partial charge in [-0.3, -0.25) is 9.89 Å². The lowest BCUT2D eigenvalue weighted by Gasteiger charge is -2.32. The molecule has 10 nitrogen and oxygen atoms in total. The number of H-pyrrole nitrogens is 1. The Hall–Kier alpha value is -3.28. The van der Waals surface area contributed by atoms with Crippen molar-refractivity contribution in [1.82, 2.24) is 34.8 Å². The summed E-state index contributed by atoms with van der Waals surface area (Å²) in [4.78, 5) is 22.4. The van der Waals surface area contributed by atoms with Gasteiger partial charge in [0.1, 0.15) is 16.4 Å². The van der Waals surface area contributed by atoms with Gasteiger partial charge in [0.05, 0.1) is 18.1 Å². The van der Waals surface area contributed by atoms with Crippen LogP contribution in [0.1, 0.15) is 19.4 Å². The molecule has 0 aromatic carbocycles. The highest BCUT2D eigenvalue weighted by molar-refractivity contribution is 6.35. The average molecular weight is 438 g/mol. The van der Waals surface area contributed by atoms with Crippen molar-refractivity contribution >= 4 is 46.0 Å². The van der Waals surface area contributed by atoms with E-state index in [1.807, 2.05) is 0 Å². The van der Waals surface area contributed by atoms with Crippen molar-refractivity contribution in [2.24, 2.45) is 0 Å². The van der Waals surface area contributed by atoms with E-state index in [2.05, 4.69) is 42.5 Å². The summed E-state index contributed by atoms with van der Waals surface area (Å²) >= 11 is 6.21. The zero-order chi connectivity index (χ0) is 21.3. The van der Waals surface area contributed by atoms with Crippen LogP contribution in [-0.2, 0) is 4.79 Å². The van der Waals surface area contributed by atoms with Gasteiger partial charge >= 0.3 is 6.55 Å². The molecular weight excluding hydrogens is 420 g/mol. The first kappa shape index (κ1) is 20.0. The zero-order valence-electron chi connectivity index (χ0n) is 15.6. The molecule has 0 aliphatic carbocycles. The second kappa shape index (κ2) is 8.22. The number of aromatic nitrogens is 6. The summed E-state index contributed by atoms with van der Waals surface area (Å²) in [7, 11) is 0. The van der Waals surface area contributed by atoms with E-state index < -0.39 is 6.55 Å². The number of carbonyl (C=O) groups excluding carboxylic acids is 1. The monoisotopic (exact) mass is 437 g/mol. The van der Waals surface area contributed by atoms with Gasteiger partial charge < -0.3 is 15.5 Å². The summed E-state index contributed by atoms with van der Waals surface area (Å²) < 4.78 is 26.0. The van der Waals surface area contributed by atoms with Crippen LogP contribution >= 0.6 is 11.6 Å². The Bertz CT molecular complexity index is 1080. The molecule has 3 aromatic heterocycles. The fraction of sp³-hybridized carbons (Fsp3) is 0.353. The van der Waals surface area contributed by atoms with Gasteiger partial charge in [-0.15, -0.1) is 0 Å². The van der Waals surface area contributed by atoms with Gasteiger partial charge in [-0.2, -0.15) is 28.9 Å². The second-order valence-electron chi connectivity index (χ2n) is 6.72. The summed E-state index contributed by atoms with van der Waals surface area (Å²) in [5.74, 6) is 0.422. The zero-order valence-corrected chi connectivity index (χ0v) is 16.4. The number of hydrogen-bond acceptors (Lipinski definition) is 7. The molecule has 1 atom stereocenters. The maximum atomic E-state index is 12.7. The van der Waals surface area contributed by atoms with E-state index in [1.54, 1.807) is 4.90 Å². The van der Waals surface area contributed by atoms with E-state index in [-0.39, 0.29) is 23.1 Å². The molecule has 1 fully saturated rings. The SMILES string of the molecule is C=CC(=O)N1CCCC(Nc2nc(Nc3cnn(C(F)F)c3)nc3n[nH]c(Cl)c23)C1. The van der Waals surface area contributed by atoms with E-state index in [4.69, 9.17) is 11.6 Å². The highest BCUT2D eigenvalue weighted by Gasteiger charge is 2.24. The van der Waals surface area contributed by atoms with Crippen LogP contribution in [0.2, 0.25) is 5.15 Å². The minimum absolute atomic E-state index is 0.0684. The Balaban J connectivity index is 1.60. The van der Waals surface area contributed by atoms with E-state index in [9.17, 15) is 13.6 Å². The lowest BCUT2D eigenvalue weighted by Crippen LogP contribution is -2.44. The Morgan fingerprint density at radius 3 is 3.00 bits per heavy atom. The fourth-order valence-corrected chi connectivity index (χ4v) is 3.52. The highest BCUT2D eigenvalue weighted by atomic mass is 35.5. The number of alkyl halides is 2. The number of piperidine rings is 1. The molecule has 1 aliphatic rings. The Morgan fingerprint density at radius 1 is 1.43 bits per heavy atom. The van der Waals surface area contributed by atoms with Gasteiger partial charge in [-0.1, -0.05) is 18.2 Å². The third kappa shape index (κ3) is 4.03. The second-order valence-corrected chi connectivity index (χ2v) is 7.09. The number of hydrogen-bond donors (Lipinski definition) is 3. The van der Waals surface area contributed by atoms with Gasteiger partial charge in [0.15, 0.2) is 5.65 Å². The van der Waals surface area contributed by atoms with Crippen LogP contribution in [0, 0.1) is 0 Å². The Morgan fingerprint density at radius 2 is 2.27 bits per heavy atom. The van der Waals surface area contributed by atoms with Crippen molar-refractivity contribution in [2.45, 2.75) is 25.4 Å². The minimum Gasteiger partial charge on any atom is -0.365 e. The summed E-state index contributed by atoms with van der Waals surface area (Å²) in [6, 6.07) is -0.0684. The normalized spacial score (nSPS) is 16.8. The van der Waals surface area contributed by atoms with Crippen LogP contribution in [0.15, 0.2) is 25.0 Å². The Labute approximate surface area is 174 Å². The minimum atomic E-state index is -2.75. The molecule has 1 amide bonds. The number of carbonyl (C=O) groups is 1. The summed E-state index contributed by atoms with van der Waals surface area (Å²) in [5, 5.41) is 17.2. The molecule has 0 spiro atoms. The molecule has 3 N–H and O–H groups in total. The summed E-state index contributed by atoms with van der Waals surface area (Å²) in [6.07, 6.45) is 5.32. The number of aromatic amines is 1. The van der Waals surface area contributed by atoms with Crippen LogP contribution in [0.4, 0.5) is 26.2 Å². The van der Waals surface area contributed by atoms with Crippen molar-refractivity contribution in [1.29, 1.82) is 0 Å². The van der Waals surface area contributed by atoms with E-state index in [1.165, 1.54) is 12.3 Å². The summed E-state index contributed by atoms with van der Waals surface area (Å²) in [5.41, 5.74) is 0.596. The van der Waals surface area contributed by atoms with Crippen LogP contribution in [0.3, 0.4) is 0 Å². The fourth-order valence-electron chi connectivity index (χ4n) is 3.31. The molecule has 1 saturated heterocycles. The molecule has 0 radical (unpaired) electrons. The first-order chi connectivity index (χ1) is 14.4. The van der Waals surface area contributed by atoms with Crippen LogP contribution in [-0.4, -0.2) is 59.9 Å². The van der Waals surface area contributed by atoms with Crippen molar-refractivity contribution in [2.75, 3.05) is 23.7 Å². The number of nitrogens with zero attached hydrogens (tertiary/aromatic N) is 6. The average Bonchev–Trinajstić information content (AvgIpc) is 3.35. The maximum absolute atomic E-state index is 12.7. The molecule has 1 aliphatic heterocycles. The predicted molar refractivity (Wildman–Crippen MR) is 107 cm³/mol. The third-order valence-corrected chi connectivity index (χ3v) is 4.95. The van der Waals surface area contributed by atoms with Gasteiger partial charge in [0.2, 0.25) is 11.9 Å².